The van der Waals surface area contributed by atoms with Crippen LogP contribution in [-0.2, 0) is 9.53 Å². The largest absolute Gasteiger partial charge is 0.377 e. The molecule has 6 heteroatoms. The summed E-state index contributed by atoms with van der Waals surface area (Å²) in [5, 5.41) is 7.11. The molecule has 0 bridgehead atoms. The molecule has 6 nitrogen and oxygen atoms in total. The average Bonchev–Trinajstić information content (AvgIpc) is 3.11. The Labute approximate surface area is 158 Å². The lowest BCUT2D eigenvalue weighted by atomic mass is 9.55. The van der Waals surface area contributed by atoms with Crippen molar-refractivity contribution >= 4 is 11.9 Å². The van der Waals surface area contributed by atoms with Gasteiger partial charge in [-0.1, -0.05) is 26.7 Å². The van der Waals surface area contributed by atoms with Crippen molar-refractivity contribution in [2.24, 2.45) is 21.7 Å². The molecule has 3 atom stereocenters. The summed E-state index contributed by atoms with van der Waals surface area (Å²) in [4.78, 5) is 18.9. The third-order valence-electron chi connectivity index (χ3n) is 6.86. The van der Waals surface area contributed by atoms with Crippen molar-refractivity contribution in [3.8, 4) is 0 Å². The molecular formula is C20H36N4O2. The lowest BCUT2D eigenvalue weighted by Gasteiger charge is -2.60. The minimum absolute atomic E-state index is 0.104. The molecule has 0 spiro atoms. The van der Waals surface area contributed by atoms with Crippen LogP contribution in [-0.4, -0.2) is 63.2 Å². The van der Waals surface area contributed by atoms with Crippen LogP contribution < -0.4 is 10.6 Å². The van der Waals surface area contributed by atoms with Gasteiger partial charge in [0.25, 0.3) is 0 Å². The molecule has 26 heavy (non-hydrogen) atoms. The van der Waals surface area contributed by atoms with E-state index in [0.717, 1.165) is 44.7 Å². The van der Waals surface area contributed by atoms with E-state index in [9.17, 15) is 4.79 Å². The van der Waals surface area contributed by atoms with Gasteiger partial charge in [-0.15, -0.1) is 0 Å². The maximum atomic E-state index is 12.8. The van der Waals surface area contributed by atoms with E-state index in [1.165, 1.54) is 6.42 Å². The van der Waals surface area contributed by atoms with E-state index in [-0.39, 0.29) is 16.7 Å². The molecule has 1 heterocycles. The van der Waals surface area contributed by atoms with Gasteiger partial charge in [0.05, 0.1) is 11.5 Å². The molecule has 3 unspecified atom stereocenters. The highest BCUT2D eigenvalue weighted by molar-refractivity contribution is 5.85. The minimum atomic E-state index is -0.285. The molecule has 1 amide bonds. The smallest absolute Gasteiger partial charge is 0.230 e. The molecule has 3 aliphatic rings. The van der Waals surface area contributed by atoms with E-state index in [1.54, 1.807) is 4.90 Å². The molecule has 2 saturated carbocycles. The number of carbonyl (C=O) groups is 1. The maximum Gasteiger partial charge on any atom is 0.230 e. The van der Waals surface area contributed by atoms with Gasteiger partial charge in [-0.05, 0) is 25.7 Å². The second kappa shape index (κ2) is 7.37. The summed E-state index contributed by atoms with van der Waals surface area (Å²) in [6.45, 7) is 6.10. The maximum absolute atomic E-state index is 12.8. The van der Waals surface area contributed by atoms with Crippen LogP contribution in [0.4, 0.5) is 0 Å². The molecule has 0 aromatic carbocycles. The van der Waals surface area contributed by atoms with Crippen LogP contribution in [0.5, 0.6) is 0 Å². The fourth-order valence-electron chi connectivity index (χ4n) is 5.40. The van der Waals surface area contributed by atoms with E-state index in [4.69, 9.17) is 4.74 Å². The number of nitrogens with one attached hydrogen (secondary N) is 2. The van der Waals surface area contributed by atoms with Gasteiger partial charge in [0.15, 0.2) is 5.96 Å². The van der Waals surface area contributed by atoms with Gasteiger partial charge in [-0.25, -0.2) is 0 Å². The monoisotopic (exact) mass is 364 g/mol. The van der Waals surface area contributed by atoms with Crippen molar-refractivity contribution in [2.75, 3.05) is 34.3 Å². The van der Waals surface area contributed by atoms with Crippen molar-refractivity contribution in [2.45, 2.75) is 64.5 Å². The molecule has 1 saturated heterocycles. The summed E-state index contributed by atoms with van der Waals surface area (Å²) in [6, 6.07) is 0.364. The van der Waals surface area contributed by atoms with Crippen molar-refractivity contribution < 1.29 is 9.53 Å². The Morgan fingerprint density at radius 3 is 2.54 bits per heavy atom. The summed E-state index contributed by atoms with van der Waals surface area (Å²) in [7, 11) is 5.52. The second-order valence-electron chi connectivity index (χ2n) is 9.15. The molecule has 148 valence electrons. The highest BCUT2D eigenvalue weighted by Gasteiger charge is 2.58. The number of hydrogen-bond acceptors (Lipinski definition) is 3. The number of fused-ring (bicyclic) bond motifs is 1. The van der Waals surface area contributed by atoms with Crippen LogP contribution >= 0.6 is 0 Å². The van der Waals surface area contributed by atoms with Crippen LogP contribution in [0.25, 0.3) is 0 Å². The summed E-state index contributed by atoms with van der Waals surface area (Å²) < 4.78 is 6.00. The number of rotatable bonds is 4. The van der Waals surface area contributed by atoms with Crippen molar-refractivity contribution in [3.05, 3.63) is 0 Å². The molecule has 0 radical (unpaired) electrons. The van der Waals surface area contributed by atoms with E-state index in [0.29, 0.717) is 24.6 Å². The van der Waals surface area contributed by atoms with Crippen LogP contribution in [0.2, 0.25) is 0 Å². The molecule has 0 aromatic heterocycles. The molecule has 1 aliphatic heterocycles. The van der Waals surface area contributed by atoms with Gasteiger partial charge in [0.2, 0.25) is 5.91 Å². The summed E-state index contributed by atoms with van der Waals surface area (Å²) >= 11 is 0. The number of ether oxygens (including phenoxy) is 1. The number of carbonyl (C=O) groups excluding carboxylic acids is 1. The Hall–Kier alpha value is -1.30. The van der Waals surface area contributed by atoms with Crippen LogP contribution in [0.15, 0.2) is 4.99 Å². The second-order valence-corrected chi connectivity index (χ2v) is 9.15. The van der Waals surface area contributed by atoms with Crippen molar-refractivity contribution in [1.82, 2.24) is 15.5 Å². The van der Waals surface area contributed by atoms with Crippen molar-refractivity contribution in [3.63, 3.8) is 0 Å². The summed E-state index contributed by atoms with van der Waals surface area (Å²) in [6.07, 6.45) is 6.88. The van der Waals surface area contributed by atoms with Gasteiger partial charge < -0.3 is 20.3 Å². The van der Waals surface area contributed by atoms with E-state index in [1.807, 2.05) is 21.1 Å². The van der Waals surface area contributed by atoms with E-state index >= 15 is 0 Å². The first kappa shape index (κ1) is 19.5. The highest BCUT2D eigenvalue weighted by Crippen LogP contribution is 2.51. The standard InChI is InChI=1S/C20H36N4O2/c1-19(2)15(14-9-8-12-26-16(14)19)23-18(21-3)22-13-20(10-6-7-11-20)17(25)24(4)5/h14-16H,6-13H2,1-5H3,(H2,21,22,23). The molecule has 3 fully saturated rings. The highest BCUT2D eigenvalue weighted by atomic mass is 16.5. The molecular weight excluding hydrogens is 328 g/mol. The third-order valence-corrected chi connectivity index (χ3v) is 6.86. The SMILES string of the molecule is CN=C(NCC1(C(=O)N(C)C)CCCC1)NC1C2CCCOC2C1(C)C. The first-order valence-corrected chi connectivity index (χ1v) is 10.1. The first-order valence-electron chi connectivity index (χ1n) is 10.1. The Kier molecular flexibility index (Phi) is 5.52. The van der Waals surface area contributed by atoms with Crippen molar-refractivity contribution in [1.29, 1.82) is 0 Å². The normalized spacial score (nSPS) is 32.3. The third kappa shape index (κ3) is 3.32. The van der Waals surface area contributed by atoms with Crippen LogP contribution in [0.1, 0.15) is 52.4 Å². The minimum Gasteiger partial charge on any atom is -0.377 e. The van der Waals surface area contributed by atoms with Crippen LogP contribution in [0, 0.1) is 16.7 Å². The predicted octanol–water partition coefficient (Wildman–Crippen LogP) is 2.00. The van der Waals surface area contributed by atoms with E-state index < -0.39 is 0 Å². The Morgan fingerprint density at radius 2 is 1.92 bits per heavy atom. The van der Waals surface area contributed by atoms with Gasteiger partial charge in [-0.2, -0.15) is 0 Å². The Morgan fingerprint density at radius 1 is 1.23 bits per heavy atom. The van der Waals surface area contributed by atoms with Gasteiger partial charge >= 0.3 is 0 Å². The first-order chi connectivity index (χ1) is 12.3. The zero-order valence-electron chi connectivity index (χ0n) is 17.1. The molecule has 2 N–H and O–H groups in total. The number of aliphatic imine (C=N–C) groups is 1. The lowest BCUT2D eigenvalue weighted by Crippen LogP contribution is -2.71. The number of amides is 1. The lowest BCUT2D eigenvalue weighted by molar-refractivity contribution is -0.188. The topological polar surface area (TPSA) is 66.0 Å². The molecule has 3 rings (SSSR count). The fraction of sp³-hybridized carbons (Fsp3) is 0.900. The Bertz CT molecular complexity index is 552. The number of hydrogen-bond donors (Lipinski definition) is 2. The predicted molar refractivity (Wildman–Crippen MR) is 104 cm³/mol. The zero-order valence-corrected chi connectivity index (χ0v) is 17.1. The fourth-order valence-corrected chi connectivity index (χ4v) is 5.40. The summed E-state index contributed by atoms with van der Waals surface area (Å²) in [5.74, 6) is 1.61. The van der Waals surface area contributed by atoms with Crippen LogP contribution in [0.3, 0.4) is 0 Å². The van der Waals surface area contributed by atoms with E-state index in [2.05, 4.69) is 29.5 Å². The van der Waals surface area contributed by atoms with Gasteiger partial charge in [0, 0.05) is 51.7 Å². The molecule has 0 aromatic rings. The quantitative estimate of drug-likeness (QED) is 0.592. The number of nitrogens with zero attached hydrogens (tertiary/aromatic N) is 2. The zero-order chi connectivity index (χ0) is 18.9. The molecule has 2 aliphatic carbocycles. The average molecular weight is 365 g/mol. The van der Waals surface area contributed by atoms with Gasteiger partial charge in [-0.3, -0.25) is 9.79 Å². The Balaban J connectivity index is 1.62. The summed E-state index contributed by atoms with van der Waals surface area (Å²) in [5.41, 5.74) is -0.181. The van der Waals surface area contributed by atoms with Gasteiger partial charge in [0.1, 0.15) is 0 Å². The number of guanidine groups is 1.